The van der Waals surface area contributed by atoms with Gasteiger partial charge in [-0.1, -0.05) is 0 Å². The third kappa shape index (κ3) is 3.93. The van der Waals surface area contributed by atoms with Crippen LogP contribution in [0.4, 0.5) is 30.8 Å². The predicted molar refractivity (Wildman–Crippen MR) is 109 cm³/mol. The van der Waals surface area contributed by atoms with Crippen molar-refractivity contribution >= 4 is 34.7 Å². The molecule has 4 heterocycles. The van der Waals surface area contributed by atoms with Crippen LogP contribution in [-0.4, -0.2) is 51.2 Å². The first-order chi connectivity index (χ1) is 15.5. The zero-order valence-electron chi connectivity index (χ0n) is 16.9. The molecule has 2 atom stereocenters. The highest BCUT2D eigenvalue weighted by molar-refractivity contribution is 5.78. The van der Waals surface area contributed by atoms with Crippen molar-refractivity contribution in [3.8, 4) is 0 Å². The first-order valence-electron chi connectivity index (χ1n) is 10.3. The molecule has 0 bridgehead atoms. The number of carbonyl (C=O) groups is 1. The van der Waals surface area contributed by atoms with Gasteiger partial charge in [-0.15, -0.1) is 0 Å². The van der Waals surface area contributed by atoms with Crippen LogP contribution in [0.1, 0.15) is 25.3 Å². The smallest absolute Gasteiger partial charge is 0.225 e. The van der Waals surface area contributed by atoms with E-state index in [-0.39, 0.29) is 23.9 Å². The van der Waals surface area contributed by atoms with Crippen molar-refractivity contribution in [2.75, 3.05) is 30.4 Å². The minimum Gasteiger partial charge on any atom is -0.379 e. The molecule has 2 aliphatic heterocycles. The van der Waals surface area contributed by atoms with E-state index in [0.717, 1.165) is 0 Å². The number of carbonyl (C=O) groups excluding carboxylic acids is 1. The van der Waals surface area contributed by atoms with Crippen LogP contribution in [0.15, 0.2) is 18.3 Å². The molecule has 0 saturated carbocycles. The molecule has 0 aliphatic carbocycles. The molecule has 0 radical (unpaired) electrons. The first kappa shape index (κ1) is 20.5. The van der Waals surface area contributed by atoms with Crippen LogP contribution in [0.2, 0.25) is 0 Å². The van der Waals surface area contributed by atoms with Crippen molar-refractivity contribution < 1.29 is 22.7 Å². The van der Waals surface area contributed by atoms with Crippen LogP contribution in [0.25, 0.3) is 11.2 Å². The number of nitrogens with one attached hydrogen (secondary N) is 3. The zero-order valence-corrected chi connectivity index (χ0v) is 16.9. The van der Waals surface area contributed by atoms with E-state index >= 15 is 0 Å². The normalized spacial score (nSPS) is 21.0. The first-order valence-corrected chi connectivity index (χ1v) is 10.3. The number of amides is 1. The molecule has 3 aromatic rings. The summed E-state index contributed by atoms with van der Waals surface area (Å²) in [5, 5.41) is 8.65. The lowest BCUT2D eigenvalue weighted by molar-refractivity contribution is -0.122. The maximum Gasteiger partial charge on any atom is 0.225 e. The van der Waals surface area contributed by atoms with Crippen molar-refractivity contribution in [1.29, 1.82) is 0 Å². The molecule has 9 nitrogen and oxygen atoms in total. The van der Waals surface area contributed by atoms with Gasteiger partial charge >= 0.3 is 0 Å². The van der Waals surface area contributed by atoms with Crippen LogP contribution < -0.4 is 16.0 Å². The number of halogens is 3. The molecule has 2 aromatic heterocycles. The minimum atomic E-state index is -1.07. The van der Waals surface area contributed by atoms with E-state index in [2.05, 4.69) is 30.9 Å². The molecule has 168 valence electrons. The number of fused-ring (bicyclic) bond motifs is 1. The topological polar surface area (TPSA) is 106 Å². The van der Waals surface area contributed by atoms with Crippen molar-refractivity contribution in [3.05, 3.63) is 35.8 Å². The Balaban J connectivity index is 1.51. The molecule has 2 saturated heterocycles. The fraction of sp³-hybridized carbons (Fsp3) is 0.400. The van der Waals surface area contributed by atoms with Crippen LogP contribution in [-0.2, 0) is 9.53 Å². The number of benzene rings is 1. The van der Waals surface area contributed by atoms with Crippen molar-refractivity contribution in [3.63, 3.8) is 0 Å². The molecule has 1 aromatic carbocycles. The predicted octanol–water partition coefficient (Wildman–Crippen LogP) is 2.64. The number of aromatic nitrogens is 4. The number of imidazole rings is 1. The fourth-order valence-electron chi connectivity index (χ4n) is 3.93. The Bertz CT molecular complexity index is 1150. The van der Waals surface area contributed by atoms with E-state index in [9.17, 15) is 18.0 Å². The molecule has 3 N–H and O–H groups in total. The Morgan fingerprint density at radius 2 is 1.97 bits per heavy atom. The van der Waals surface area contributed by atoms with Gasteiger partial charge in [0.15, 0.2) is 17.3 Å². The van der Waals surface area contributed by atoms with Crippen molar-refractivity contribution in [2.24, 2.45) is 0 Å². The average Bonchev–Trinajstić information content (AvgIpc) is 3.39. The van der Waals surface area contributed by atoms with Gasteiger partial charge in [0.2, 0.25) is 17.8 Å². The third-order valence-corrected chi connectivity index (χ3v) is 5.55. The number of hydrogen-bond donors (Lipinski definition) is 3. The van der Waals surface area contributed by atoms with Gasteiger partial charge in [-0.2, -0.15) is 4.98 Å². The average molecular weight is 447 g/mol. The summed E-state index contributed by atoms with van der Waals surface area (Å²) >= 11 is 0. The van der Waals surface area contributed by atoms with Crippen LogP contribution >= 0.6 is 0 Å². The molecule has 0 spiro atoms. The van der Waals surface area contributed by atoms with E-state index in [1.807, 2.05) is 0 Å². The standard InChI is InChI=1S/C20H20F3N7O2/c21-10-5-13(22)17(14(23)6-10)28-20-27-15-8-25-19(26-11-1-2-16(31)24-7-11)29-18(15)30(20)12-3-4-32-9-12/h5-6,8,11-12H,1-4,7,9H2,(H,24,31)(H,27,28)(H,25,26,29)/t11-,12+/m1/s1. The number of piperidine rings is 1. The number of ether oxygens (including phenoxy) is 1. The Hall–Kier alpha value is -3.41. The second-order valence-electron chi connectivity index (χ2n) is 7.78. The van der Waals surface area contributed by atoms with Gasteiger partial charge in [0, 0.05) is 37.7 Å². The summed E-state index contributed by atoms with van der Waals surface area (Å²) in [5.41, 5.74) is 0.374. The third-order valence-electron chi connectivity index (χ3n) is 5.55. The lowest BCUT2D eigenvalue weighted by atomic mass is 10.1. The Labute approximate surface area is 180 Å². The Morgan fingerprint density at radius 1 is 1.16 bits per heavy atom. The SMILES string of the molecule is O=C1CC[C@@H](Nc2ncc3nc(Nc4c(F)cc(F)cc4F)n([C@H]4CCOC4)c3n2)CN1. The van der Waals surface area contributed by atoms with E-state index in [4.69, 9.17) is 4.74 Å². The molecule has 2 fully saturated rings. The van der Waals surface area contributed by atoms with Gasteiger partial charge in [-0.25, -0.2) is 23.1 Å². The maximum absolute atomic E-state index is 14.2. The minimum absolute atomic E-state index is 0.00899. The van der Waals surface area contributed by atoms with Gasteiger partial charge in [0.05, 0.1) is 18.8 Å². The number of hydrogen-bond acceptors (Lipinski definition) is 7. The Kier molecular flexibility index (Phi) is 5.29. The summed E-state index contributed by atoms with van der Waals surface area (Å²) in [6.45, 7) is 1.38. The maximum atomic E-state index is 14.2. The van der Waals surface area contributed by atoms with Gasteiger partial charge in [0.1, 0.15) is 17.0 Å². The highest BCUT2D eigenvalue weighted by Gasteiger charge is 2.26. The summed E-state index contributed by atoms with van der Waals surface area (Å²) in [4.78, 5) is 24.7. The van der Waals surface area contributed by atoms with Crippen LogP contribution in [0, 0.1) is 17.5 Å². The molecule has 1 amide bonds. The van der Waals surface area contributed by atoms with Crippen LogP contribution in [0.3, 0.4) is 0 Å². The second kappa shape index (κ2) is 8.26. The molecule has 12 heteroatoms. The monoisotopic (exact) mass is 447 g/mol. The van der Waals surface area contributed by atoms with E-state index < -0.39 is 23.1 Å². The summed E-state index contributed by atoms with van der Waals surface area (Å²) in [6.07, 6.45) is 3.25. The molecular weight excluding hydrogens is 427 g/mol. The summed E-state index contributed by atoms with van der Waals surface area (Å²) in [5.74, 6) is -2.65. The lowest BCUT2D eigenvalue weighted by Crippen LogP contribution is -2.42. The van der Waals surface area contributed by atoms with E-state index in [1.165, 1.54) is 6.20 Å². The van der Waals surface area contributed by atoms with Gasteiger partial charge in [0.25, 0.3) is 0 Å². The molecule has 5 rings (SSSR count). The summed E-state index contributed by atoms with van der Waals surface area (Å²) in [7, 11) is 0. The highest BCUT2D eigenvalue weighted by atomic mass is 19.1. The lowest BCUT2D eigenvalue weighted by Gasteiger charge is -2.23. The van der Waals surface area contributed by atoms with Crippen LogP contribution in [0.5, 0.6) is 0 Å². The second-order valence-corrected chi connectivity index (χ2v) is 7.78. The number of rotatable bonds is 5. The highest BCUT2D eigenvalue weighted by Crippen LogP contribution is 2.32. The Morgan fingerprint density at radius 3 is 2.66 bits per heavy atom. The largest absolute Gasteiger partial charge is 0.379 e. The zero-order chi connectivity index (χ0) is 22.2. The summed E-state index contributed by atoms with van der Waals surface area (Å²) in [6, 6.07) is 1.02. The molecular formula is C20H20F3N7O2. The van der Waals surface area contributed by atoms with Gasteiger partial charge in [-0.05, 0) is 12.8 Å². The van der Waals surface area contributed by atoms with E-state index in [0.29, 0.717) is 68.3 Å². The van der Waals surface area contributed by atoms with Crippen molar-refractivity contribution in [2.45, 2.75) is 31.3 Å². The quantitative estimate of drug-likeness (QED) is 0.552. The van der Waals surface area contributed by atoms with Crippen molar-refractivity contribution in [1.82, 2.24) is 24.8 Å². The number of anilines is 3. The molecule has 0 unspecified atom stereocenters. The summed E-state index contributed by atoms with van der Waals surface area (Å²) < 4.78 is 49.0. The van der Waals surface area contributed by atoms with Gasteiger partial charge in [-0.3, -0.25) is 9.36 Å². The molecule has 32 heavy (non-hydrogen) atoms. The fourth-order valence-corrected chi connectivity index (χ4v) is 3.93. The number of nitrogens with zero attached hydrogens (tertiary/aromatic N) is 4. The van der Waals surface area contributed by atoms with Gasteiger partial charge < -0.3 is 20.7 Å². The van der Waals surface area contributed by atoms with E-state index in [1.54, 1.807) is 4.57 Å². The molecule has 2 aliphatic rings.